The lowest BCUT2D eigenvalue weighted by Gasteiger charge is -2.28. The van der Waals surface area contributed by atoms with Crippen LogP contribution in [0.15, 0.2) is 36.4 Å². The van der Waals surface area contributed by atoms with Crippen molar-refractivity contribution in [3.05, 3.63) is 64.5 Å². The molecule has 0 spiro atoms. The molecule has 0 radical (unpaired) electrons. The first-order valence-corrected chi connectivity index (χ1v) is 9.23. The molecule has 2 N–H and O–H groups in total. The van der Waals surface area contributed by atoms with Gasteiger partial charge in [-0.1, -0.05) is 30.3 Å². The summed E-state index contributed by atoms with van der Waals surface area (Å²) in [5.41, 5.74) is 5.44. The molecule has 2 aromatic rings. The average Bonchev–Trinajstić information content (AvgIpc) is 2.95. The number of Topliss-reactive ketones (excluding diaryl/α,β-unsaturated/α-hetero) is 2. The summed E-state index contributed by atoms with van der Waals surface area (Å²) < 4.78 is 0. The summed E-state index contributed by atoms with van der Waals surface area (Å²) in [6, 6.07) is 10.3. The van der Waals surface area contributed by atoms with Crippen molar-refractivity contribution in [1.82, 2.24) is 4.98 Å². The number of aryl methyl sites for hydroxylation is 1. The van der Waals surface area contributed by atoms with E-state index in [2.05, 4.69) is 35.3 Å². The second-order valence-corrected chi connectivity index (χ2v) is 7.22. The second-order valence-electron chi connectivity index (χ2n) is 7.22. The van der Waals surface area contributed by atoms with E-state index in [0.29, 0.717) is 11.3 Å². The number of aromatic amines is 1. The lowest BCUT2D eigenvalue weighted by Crippen LogP contribution is -3.16. The highest BCUT2D eigenvalue weighted by Crippen LogP contribution is 2.20. The average molecular weight is 351 g/mol. The maximum atomic E-state index is 13.0. The van der Waals surface area contributed by atoms with E-state index in [1.165, 1.54) is 16.0 Å². The fraction of sp³-hybridized carbons (Fsp3) is 0.364. The third kappa shape index (κ3) is 3.42. The number of H-pyrrole nitrogens is 1. The van der Waals surface area contributed by atoms with Crippen LogP contribution in [0.5, 0.6) is 0 Å². The predicted octanol–water partition coefficient (Wildman–Crippen LogP) is 2.78. The van der Waals surface area contributed by atoms with Gasteiger partial charge in [0.2, 0.25) is 5.78 Å². The number of carbonyl (C=O) groups excluding carboxylic acids is 2. The molecule has 136 valence electrons. The number of rotatable bonds is 5. The number of aromatic nitrogens is 1. The van der Waals surface area contributed by atoms with Gasteiger partial charge >= 0.3 is 0 Å². The minimum absolute atomic E-state index is 0.00343. The van der Waals surface area contributed by atoms with E-state index in [-0.39, 0.29) is 17.6 Å². The summed E-state index contributed by atoms with van der Waals surface area (Å²) in [6.07, 6.45) is 3.23. The molecule has 1 aromatic heterocycles. The van der Waals surface area contributed by atoms with E-state index in [4.69, 9.17) is 0 Å². The number of hydrogen-bond donors (Lipinski definition) is 2. The molecule has 1 aromatic carbocycles. The monoisotopic (exact) mass is 351 g/mol. The molecule has 1 aliphatic heterocycles. The fourth-order valence-corrected chi connectivity index (χ4v) is 3.99. The largest absolute Gasteiger partial charge is 0.355 e. The Kier molecular flexibility index (Phi) is 5.23. The first-order chi connectivity index (χ1) is 12.4. The van der Waals surface area contributed by atoms with Gasteiger partial charge in [0.15, 0.2) is 11.8 Å². The summed E-state index contributed by atoms with van der Waals surface area (Å²) >= 11 is 0. The molecule has 0 aliphatic carbocycles. The SMILES string of the molecule is CC(=O)c1c(C)[nH]c(C(=O)[C@@H](C)[NH+]2CC=C(c3ccccc3)CC2)c1C. The molecule has 2 heterocycles. The zero-order valence-corrected chi connectivity index (χ0v) is 16.0. The quantitative estimate of drug-likeness (QED) is 0.814. The fourth-order valence-electron chi connectivity index (χ4n) is 3.99. The third-order valence-corrected chi connectivity index (χ3v) is 5.51. The Morgan fingerprint density at radius 3 is 2.38 bits per heavy atom. The molecule has 0 saturated carbocycles. The lowest BCUT2D eigenvalue weighted by molar-refractivity contribution is -0.908. The molecule has 0 fully saturated rings. The molecule has 0 saturated heterocycles. The van der Waals surface area contributed by atoms with Crippen LogP contribution in [0.4, 0.5) is 0 Å². The van der Waals surface area contributed by atoms with E-state index < -0.39 is 0 Å². The zero-order chi connectivity index (χ0) is 18.8. The summed E-state index contributed by atoms with van der Waals surface area (Å²) in [7, 11) is 0. The zero-order valence-electron chi connectivity index (χ0n) is 16.0. The van der Waals surface area contributed by atoms with Crippen molar-refractivity contribution in [2.24, 2.45) is 0 Å². The minimum atomic E-state index is -0.139. The Morgan fingerprint density at radius 2 is 1.85 bits per heavy atom. The normalized spacial score (nSPS) is 18.3. The molecule has 0 bridgehead atoms. The Labute approximate surface area is 154 Å². The molecule has 2 atom stereocenters. The summed E-state index contributed by atoms with van der Waals surface area (Å²) in [6.45, 7) is 9.03. The maximum Gasteiger partial charge on any atom is 0.235 e. The van der Waals surface area contributed by atoms with Gasteiger partial charge < -0.3 is 9.88 Å². The summed E-state index contributed by atoms with van der Waals surface area (Å²) in [5.74, 6) is 0.0911. The van der Waals surface area contributed by atoms with Crippen molar-refractivity contribution in [1.29, 1.82) is 0 Å². The number of ketones is 2. The molecule has 0 amide bonds. The topological polar surface area (TPSA) is 54.4 Å². The molecular formula is C22H27N2O2+. The number of nitrogens with one attached hydrogen (secondary N) is 2. The Hall–Kier alpha value is -2.46. The van der Waals surface area contributed by atoms with Crippen LogP contribution in [-0.2, 0) is 0 Å². The number of hydrogen-bond acceptors (Lipinski definition) is 2. The molecule has 26 heavy (non-hydrogen) atoms. The second kappa shape index (κ2) is 7.42. The van der Waals surface area contributed by atoms with Crippen molar-refractivity contribution in [3.8, 4) is 0 Å². The van der Waals surface area contributed by atoms with E-state index >= 15 is 0 Å². The van der Waals surface area contributed by atoms with Gasteiger partial charge in [0.25, 0.3) is 0 Å². The predicted molar refractivity (Wildman–Crippen MR) is 104 cm³/mol. The molecular weight excluding hydrogens is 324 g/mol. The molecule has 4 heteroatoms. The van der Waals surface area contributed by atoms with Crippen LogP contribution >= 0.6 is 0 Å². The Morgan fingerprint density at radius 1 is 1.15 bits per heavy atom. The van der Waals surface area contributed by atoms with E-state index in [9.17, 15) is 9.59 Å². The summed E-state index contributed by atoms with van der Waals surface area (Å²) in [4.78, 5) is 29.3. The van der Waals surface area contributed by atoms with Gasteiger partial charge in [0, 0.05) is 17.7 Å². The minimum Gasteiger partial charge on any atom is -0.355 e. The van der Waals surface area contributed by atoms with Crippen LogP contribution in [0.1, 0.15) is 57.9 Å². The van der Waals surface area contributed by atoms with Crippen molar-refractivity contribution >= 4 is 17.1 Å². The summed E-state index contributed by atoms with van der Waals surface area (Å²) in [5, 5.41) is 0. The first kappa shape index (κ1) is 18.3. The van der Waals surface area contributed by atoms with Crippen LogP contribution in [0.25, 0.3) is 5.57 Å². The van der Waals surface area contributed by atoms with Crippen molar-refractivity contribution in [3.63, 3.8) is 0 Å². The van der Waals surface area contributed by atoms with Crippen LogP contribution in [0.3, 0.4) is 0 Å². The van der Waals surface area contributed by atoms with Crippen LogP contribution in [0.2, 0.25) is 0 Å². The molecule has 3 rings (SSSR count). The van der Waals surface area contributed by atoms with Crippen molar-refractivity contribution < 1.29 is 14.5 Å². The van der Waals surface area contributed by atoms with Crippen LogP contribution in [-0.4, -0.2) is 35.7 Å². The highest BCUT2D eigenvalue weighted by atomic mass is 16.1. The van der Waals surface area contributed by atoms with E-state index in [0.717, 1.165) is 30.8 Å². The highest BCUT2D eigenvalue weighted by Gasteiger charge is 2.31. The van der Waals surface area contributed by atoms with E-state index in [1.807, 2.05) is 26.8 Å². The Balaban J connectivity index is 1.76. The van der Waals surface area contributed by atoms with Gasteiger partial charge in [-0.15, -0.1) is 0 Å². The number of benzene rings is 1. The third-order valence-electron chi connectivity index (χ3n) is 5.51. The number of carbonyl (C=O) groups is 2. The van der Waals surface area contributed by atoms with Gasteiger partial charge in [0.05, 0.1) is 18.8 Å². The Bertz CT molecular complexity index is 862. The van der Waals surface area contributed by atoms with E-state index in [1.54, 1.807) is 6.92 Å². The van der Waals surface area contributed by atoms with Gasteiger partial charge in [-0.25, -0.2) is 0 Å². The van der Waals surface area contributed by atoms with Gasteiger partial charge in [-0.3, -0.25) is 9.59 Å². The van der Waals surface area contributed by atoms with Gasteiger partial charge in [-0.2, -0.15) is 0 Å². The van der Waals surface area contributed by atoms with Crippen molar-refractivity contribution in [2.75, 3.05) is 13.1 Å². The smallest absolute Gasteiger partial charge is 0.235 e. The van der Waals surface area contributed by atoms with Gasteiger partial charge in [-0.05, 0) is 50.5 Å². The van der Waals surface area contributed by atoms with Crippen LogP contribution in [0, 0.1) is 13.8 Å². The maximum absolute atomic E-state index is 13.0. The highest BCUT2D eigenvalue weighted by molar-refractivity contribution is 6.04. The van der Waals surface area contributed by atoms with Gasteiger partial charge in [0.1, 0.15) is 0 Å². The molecule has 4 nitrogen and oxygen atoms in total. The first-order valence-electron chi connectivity index (χ1n) is 9.23. The van der Waals surface area contributed by atoms with Crippen LogP contribution < -0.4 is 4.90 Å². The standard InChI is InChI=1S/C22H26N2O2/c1-14-20(17(4)25)15(2)23-21(14)22(26)16(3)24-12-10-19(11-13-24)18-8-6-5-7-9-18/h5-10,16,23H,11-13H2,1-4H3/p+1/t16-/m1/s1. The molecule has 1 aliphatic rings. The number of quaternary nitrogens is 1. The lowest BCUT2D eigenvalue weighted by atomic mass is 9.97. The van der Waals surface area contributed by atoms with Crippen molar-refractivity contribution in [2.45, 2.75) is 40.2 Å². The molecule has 1 unspecified atom stereocenters.